The third-order valence-electron chi connectivity index (χ3n) is 5.78. The highest BCUT2D eigenvalue weighted by Gasteiger charge is 2.50. The Hall–Kier alpha value is -2.48. The van der Waals surface area contributed by atoms with Gasteiger partial charge in [0, 0.05) is 36.8 Å². The first kappa shape index (κ1) is 19.8. The maximum absolute atomic E-state index is 12.6. The summed E-state index contributed by atoms with van der Waals surface area (Å²) in [6.07, 6.45) is 7.26. The molecule has 1 spiro atoms. The van der Waals surface area contributed by atoms with Crippen LogP contribution >= 0.6 is 11.8 Å². The molecule has 1 unspecified atom stereocenters. The van der Waals surface area contributed by atoms with Crippen molar-refractivity contribution in [3.63, 3.8) is 0 Å². The van der Waals surface area contributed by atoms with Crippen molar-refractivity contribution in [2.45, 2.75) is 36.8 Å². The van der Waals surface area contributed by atoms with Gasteiger partial charge in [-0.25, -0.2) is 4.98 Å². The second-order valence-corrected chi connectivity index (χ2v) is 8.67. The summed E-state index contributed by atoms with van der Waals surface area (Å²) in [7, 11) is 1.63. The van der Waals surface area contributed by atoms with Gasteiger partial charge < -0.3 is 18.9 Å². The molecule has 3 heterocycles. The number of cyclic esters (lactones) is 1. The maximum atomic E-state index is 12.6. The molecule has 0 bridgehead atoms. The average molecular weight is 416 g/mol. The molecule has 1 amide bonds. The smallest absolute Gasteiger partial charge is 0.312 e. The minimum absolute atomic E-state index is 0.106. The van der Waals surface area contributed by atoms with Crippen LogP contribution in [-0.4, -0.2) is 58.4 Å². The summed E-state index contributed by atoms with van der Waals surface area (Å²) in [5.41, 5.74) is -0.442. The van der Waals surface area contributed by atoms with Gasteiger partial charge >= 0.3 is 5.97 Å². The van der Waals surface area contributed by atoms with Gasteiger partial charge in [-0.1, -0.05) is 6.07 Å². The van der Waals surface area contributed by atoms with E-state index in [2.05, 4.69) is 4.98 Å². The summed E-state index contributed by atoms with van der Waals surface area (Å²) >= 11 is 1.51. The van der Waals surface area contributed by atoms with Crippen molar-refractivity contribution in [3.8, 4) is 5.75 Å². The number of carbonyl (C=O) groups is 2. The van der Waals surface area contributed by atoms with Gasteiger partial charge in [-0.3, -0.25) is 9.59 Å². The number of aromatic nitrogens is 2. The Kier molecular flexibility index (Phi) is 5.80. The number of likely N-dealkylation sites (tertiary alicyclic amines) is 1. The van der Waals surface area contributed by atoms with Crippen LogP contribution in [0, 0.1) is 5.41 Å². The van der Waals surface area contributed by atoms with Gasteiger partial charge in [-0.2, -0.15) is 0 Å². The highest BCUT2D eigenvalue weighted by molar-refractivity contribution is 8.00. The van der Waals surface area contributed by atoms with Crippen molar-refractivity contribution in [3.05, 3.63) is 43.0 Å². The summed E-state index contributed by atoms with van der Waals surface area (Å²) < 4.78 is 12.8. The van der Waals surface area contributed by atoms with Crippen molar-refractivity contribution in [1.29, 1.82) is 0 Å². The van der Waals surface area contributed by atoms with E-state index < -0.39 is 5.41 Å². The zero-order valence-corrected chi connectivity index (χ0v) is 17.3. The Morgan fingerprint density at radius 3 is 2.93 bits per heavy atom. The Morgan fingerprint density at radius 2 is 2.21 bits per heavy atom. The molecule has 7 nitrogen and oxygen atoms in total. The zero-order valence-electron chi connectivity index (χ0n) is 16.5. The highest BCUT2D eigenvalue weighted by atomic mass is 32.2. The van der Waals surface area contributed by atoms with Crippen molar-refractivity contribution < 1.29 is 19.1 Å². The Bertz CT molecular complexity index is 863. The first-order valence-electron chi connectivity index (χ1n) is 9.79. The Balaban J connectivity index is 1.28. The number of methoxy groups -OCH3 is 1. The van der Waals surface area contributed by atoms with Gasteiger partial charge in [0.25, 0.3) is 0 Å². The molecule has 2 aromatic rings. The number of carbonyl (C=O) groups excluding carboxylic acids is 2. The van der Waals surface area contributed by atoms with Crippen molar-refractivity contribution in [1.82, 2.24) is 14.5 Å². The van der Waals surface area contributed by atoms with E-state index in [9.17, 15) is 9.59 Å². The number of benzene rings is 1. The molecule has 1 atom stereocenters. The van der Waals surface area contributed by atoms with E-state index in [1.807, 2.05) is 39.9 Å². The van der Waals surface area contributed by atoms with Crippen molar-refractivity contribution in [2.24, 2.45) is 5.41 Å². The van der Waals surface area contributed by atoms with Crippen LogP contribution in [0.4, 0.5) is 0 Å². The fourth-order valence-electron chi connectivity index (χ4n) is 4.09. The minimum atomic E-state index is -0.442. The molecule has 2 aliphatic rings. The summed E-state index contributed by atoms with van der Waals surface area (Å²) in [6.45, 7) is 1.84. The number of piperidine rings is 1. The lowest BCUT2D eigenvalue weighted by molar-refractivity contribution is -0.152. The molecule has 0 radical (unpaired) electrons. The van der Waals surface area contributed by atoms with E-state index in [1.54, 1.807) is 19.6 Å². The number of amides is 1. The molecule has 4 rings (SSSR count). The van der Waals surface area contributed by atoms with Gasteiger partial charge in [0.05, 0.1) is 31.1 Å². The molecule has 8 heteroatoms. The highest BCUT2D eigenvalue weighted by Crippen LogP contribution is 2.43. The van der Waals surface area contributed by atoms with Gasteiger partial charge in [-0.15, -0.1) is 11.8 Å². The van der Waals surface area contributed by atoms with Crippen molar-refractivity contribution >= 4 is 23.6 Å². The third kappa shape index (κ3) is 4.42. The second kappa shape index (κ2) is 8.49. The quantitative estimate of drug-likeness (QED) is 0.533. The SMILES string of the molecule is COc1cccc(SCC(=O)N2CCC3(CC2)CC(Cn2ccnc2)OC3=O)c1. The van der Waals surface area contributed by atoms with Crippen LogP contribution in [0.2, 0.25) is 0 Å². The van der Waals surface area contributed by atoms with Crippen LogP contribution in [-0.2, 0) is 20.9 Å². The number of hydrogen-bond acceptors (Lipinski definition) is 6. The minimum Gasteiger partial charge on any atom is -0.497 e. The summed E-state index contributed by atoms with van der Waals surface area (Å²) in [5.74, 6) is 1.16. The molecule has 29 heavy (non-hydrogen) atoms. The standard InChI is InChI=1S/C21H25N3O4S/c1-27-16-3-2-4-18(11-16)29-14-19(25)24-8-5-21(6-9-24)12-17(28-20(21)26)13-23-10-7-22-15-23/h2-4,7,10-11,15,17H,5-6,8-9,12-14H2,1H3. The predicted molar refractivity (Wildman–Crippen MR) is 109 cm³/mol. The molecule has 0 saturated carbocycles. The van der Waals surface area contributed by atoms with E-state index >= 15 is 0 Å². The van der Waals surface area contributed by atoms with Crippen LogP contribution in [0.1, 0.15) is 19.3 Å². The summed E-state index contributed by atoms with van der Waals surface area (Å²) in [5, 5.41) is 0. The molecular weight excluding hydrogens is 390 g/mol. The Morgan fingerprint density at radius 1 is 1.38 bits per heavy atom. The zero-order chi connectivity index (χ0) is 20.3. The fraction of sp³-hybridized carbons (Fsp3) is 0.476. The van der Waals surface area contributed by atoms with Crippen LogP contribution in [0.15, 0.2) is 47.9 Å². The number of ether oxygens (including phenoxy) is 2. The van der Waals surface area contributed by atoms with E-state index in [0.717, 1.165) is 10.6 Å². The molecule has 0 N–H and O–H groups in total. The molecule has 154 valence electrons. The van der Waals surface area contributed by atoms with Gasteiger partial charge in [0.15, 0.2) is 0 Å². The Labute approximate surface area is 174 Å². The first-order valence-corrected chi connectivity index (χ1v) is 10.8. The van der Waals surface area contributed by atoms with E-state index in [0.29, 0.717) is 44.6 Å². The van der Waals surface area contributed by atoms with E-state index in [4.69, 9.17) is 9.47 Å². The number of nitrogens with zero attached hydrogens (tertiary/aromatic N) is 3. The molecular formula is C21H25N3O4S. The van der Waals surface area contributed by atoms with Crippen LogP contribution in [0.3, 0.4) is 0 Å². The van der Waals surface area contributed by atoms with Crippen LogP contribution in [0.25, 0.3) is 0 Å². The lowest BCUT2D eigenvalue weighted by Gasteiger charge is -2.36. The molecule has 1 aromatic carbocycles. The second-order valence-electron chi connectivity index (χ2n) is 7.62. The first-order chi connectivity index (χ1) is 14.1. The molecule has 0 aliphatic carbocycles. The lowest BCUT2D eigenvalue weighted by Crippen LogP contribution is -2.45. The molecule has 2 aliphatic heterocycles. The fourth-order valence-corrected chi connectivity index (χ4v) is 4.94. The number of hydrogen-bond donors (Lipinski definition) is 0. The summed E-state index contributed by atoms with van der Waals surface area (Å²) in [6, 6.07) is 7.71. The number of imidazole rings is 1. The molecule has 2 fully saturated rings. The van der Waals surface area contributed by atoms with Crippen molar-refractivity contribution in [2.75, 3.05) is 26.0 Å². The average Bonchev–Trinajstić information content (AvgIpc) is 3.35. The third-order valence-corrected chi connectivity index (χ3v) is 6.75. The normalized spacial score (nSPS) is 20.7. The van der Waals surface area contributed by atoms with Crippen LogP contribution in [0.5, 0.6) is 5.75 Å². The number of esters is 1. The largest absolute Gasteiger partial charge is 0.497 e. The maximum Gasteiger partial charge on any atom is 0.312 e. The topological polar surface area (TPSA) is 73.7 Å². The van der Waals surface area contributed by atoms with E-state index in [1.165, 1.54) is 11.8 Å². The molecule has 2 saturated heterocycles. The van der Waals surface area contributed by atoms with Gasteiger partial charge in [0.2, 0.25) is 5.91 Å². The number of thioether (sulfide) groups is 1. The van der Waals surface area contributed by atoms with Crippen LogP contribution < -0.4 is 4.74 Å². The monoisotopic (exact) mass is 415 g/mol. The summed E-state index contributed by atoms with van der Waals surface area (Å²) in [4.78, 5) is 32.1. The number of rotatable bonds is 6. The van der Waals surface area contributed by atoms with Gasteiger partial charge in [0.1, 0.15) is 11.9 Å². The molecule has 1 aromatic heterocycles. The lowest BCUT2D eigenvalue weighted by atomic mass is 9.76. The predicted octanol–water partition coefficient (Wildman–Crippen LogP) is 2.61. The van der Waals surface area contributed by atoms with Gasteiger partial charge in [-0.05, 0) is 31.0 Å². The van der Waals surface area contributed by atoms with E-state index in [-0.39, 0.29) is 18.0 Å².